The predicted octanol–water partition coefficient (Wildman–Crippen LogP) is 0.993. The number of rotatable bonds is 5. The van der Waals surface area contributed by atoms with Crippen LogP contribution in [0.4, 0.5) is 0 Å². The van der Waals surface area contributed by atoms with Gasteiger partial charge in [-0.25, -0.2) is 0 Å². The molecule has 6 heteroatoms. The van der Waals surface area contributed by atoms with Crippen molar-refractivity contribution < 1.29 is 9.32 Å². The fourth-order valence-electron chi connectivity index (χ4n) is 0.890. The minimum Gasteiger partial charge on any atom is -0.355 e. The summed E-state index contributed by atoms with van der Waals surface area (Å²) in [6.45, 7) is 4.08. The molecular weight excluding hydrogens is 218 g/mol. The third-order valence-corrected chi connectivity index (χ3v) is 2.66. The first-order valence-corrected chi connectivity index (χ1v) is 5.19. The minimum atomic E-state index is -0.543. The van der Waals surface area contributed by atoms with Crippen molar-refractivity contribution in [3.05, 3.63) is 12.2 Å². The van der Waals surface area contributed by atoms with Crippen LogP contribution in [0.3, 0.4) is 0 Å². The lowest BCUT2D eigenvalue weighted by Crippen LogP contribution is -2.39. The lowest BCUT2D eigenvalue weighted by molar-refractivity contribution is -0.128. The first kappa shape index (κ1) is 12.0. The molecule has 1 aromatic heterocycles. The SMILES string of the molecule is CC(C)(CCl)C(=O)NCCc1ncon1. The summed E-state index contributed by atoms with van der Waals surface area (Å²) in [5.41, 5.74) is -0.543. The van der Waals surface area contributed by atoms with Crippen molar-refractivity contribution in [3.63, 3.8) is 0 Å². The molecule has 0 aromatic carbocycles. The first-order valence-electron chi connectivity index (χ1n) is 4.66. The van der Waals surface area contributed by atoms with Crippen LogP contribution >= 0.6 is 11.6 Å². The third-order valence-electron chi connectivity index (χ3n) is 1.99. The number of carbonyl (C=O) groups is 1. The van der Waals surface area contributed by atoms with Gasteiger partial charge in [0.25, 0.3) is 0 Å². The van der Waals surface area contributed by atoms with Gasteiger partial charge >= 0.3 is 0 Å². The van der Waals surface area contributed by atoms with Gasteiger partial charge in [0.2, 0.25) is 12.3 Å². The van der Waals surface area contributed by atoms with E-state index in [1.807, 2.05) is 0 Å². The zero-order valence-electron chi connectivity index (χ0n) is 8.79. The molecule has 1 heterocycles. The lowest BCUT2D eigenvalue weighted by Gasteiger charge is -2.19. The molecule has 1 amide bonds. The van der Waals surface area contributed by atoms with Gasteiger partial charge in [-0.3, -0.25) is 4.79 Å². The van der Waals surface area contributed by atoms with Crippen molar-refractivity contribution in [1.82, 2.24) is 15.5 Å². The van der Waals surface area contributed by atoms with Crippen LogP contribution in [0.25, 0.3) is 0 Å². The Labute approximate surface area is 93.2 Å². The van der Waals surface area contributed by atoms with E-state index in [0.29, 0.717) is 24.7 Å². The maximum atomic E-state index is 11.6. The standard InChI is InChI=1S/C9H14ClN3O2/c1-9(2,5-10)8(14)11-4-3-7-12-6-15-13-7/h6H,3-5H2,1-2H3,(H,11,14). The van der Waals surface area contributed by atoms with Crippen LogP contribution in [-0.2, 0) is 11.2 Å². The maximum absolute atomic E-state index is 11.6. The topological polar surface area (TPSA) is 68.0 Å². The number of alkyl halides is 1. The summed E-state index contributed by atoms with van der Waals surface area (Å²) < 4.78 is 4.57. The molecule has 0 saturated carbocycles. The van der Waals surface area contributed by atoms with Crippen LogP contribution in [0.5, 0.6) is 0 Å². The molecule has 0 aliphatic carbocycles. The summed E-state index contributed by atoms with van der Waals surface area (Å²) in [5, 5.41) is 6.40. The van der Waals surface area contributed by atoms with Gasteiger partial charge in [0, 0.05) is 18.8 Å². The lowest BCUT2D eigenvalue weighted by atomic mass is 9.95. The Balaban J connectivity index is 2.29. The number of hydrogen-bond acceptors (Lipinski definition) is 4. The van der Waals surface area contributed by atoms with Crippen LogP contribution in [0.15, 0.2) is 10.9 Å². The number of hydrogen-bond donors (Lipinski definition) is 1. The van der Waals surface area contributed by atoms with E-state index < -0.39 is 5.41 Å². The number of carbonyl (C=O) groups excluding carboxylic acids is 1. The number of halogens is 1. The van der Waals surface area contributed by atoms with Crippen molar-refractivity contribution in [2.24, 2.45) is 5.41 Å². The van der Waals surface area contributed by atoms with E-state index in [-0.39, 0.29) is 5.91 Å². The van der Waals surface area contributed by atoms with Crippen LogP contribution < -0.4 is 5.32 Å². The molecule has 0 unspecified atom stereocenters. The average Bonchev–Trinajstić information content (AvgIpc) is 2.70. The Kier molecular flexibility index (Phi) is 4.08. The highest BCUT2D eigenvalue weighted by molar-refractivity contribution is 6.19. The predicted molar refractivity (Wildman–Crippen MR) is 55.5 cm³/mol. The summed E-state index contributed by atoms with van der Waals surface area (Å²) in [6, 6.07) is 0. The molecule has 0 aliphatic heterocycles. The summed E-state index contributed by atoms with van der Waals surface area (Å²) in [6.07, 6.45) is 1.82. The summed E-state index contributed by atoms with van der Waals surface area (Å²) in [7, 11) is 0. The number of nitrogens with zero attached hydrogens (tertiary/aromatic N) is 2. The van der Waals surface area contributed by atoms with Gasteiger partial charge in [0.15, 0.2) is 5.82 Å². The van der Waals surface area contributed by atoms with Gasteiger partial charge < -0.3 is 9.84 Å². The number of aromatic nitrogens is 2. The largest absolute Gasteiger partial charge is 0.355 e. The van der Waals surface area contributed by atoms with E-state index in [0.717, 1.165) is 0 Å². The molecule has 0 spiro atoms. The quantitative estimate of drug-likeness (QED) is 0.768. The molecule has 5 nitrogen and oxygen atoms in total. The zero-order valence-corrected chi connectivity index (χ0v) is 9.54. The molecule has 0 fully saturated rings. The van der Waals surface area contributed by atoms with Gasteiger partial charge in [-0.15, -0.1) is 11.6 Å². The van der Waals surface area contributed by atoms with Crippen molar-refractivity contribution in [2.45, 2.75) is 20.3 Å². The minimum absolute atomic E-state index is 0.0685. The Morgan fingerprint density at radius 2 is 2.40 bits per heavy atom. The Hall–Kier alpha value is -1.10. The monoisotopic (exact) mass is 231 g/mol. The molecule has 0 atom stereocenters. The van der Waals surface area contributed by atoms with E-state index in [1.165, 1.54) is 6.39 Å². The second kappa shape index (κ2) is 5.11. The highest BCUT2D eigenvalue weighted by atomic mass is 35.5. The molecule has 1 N–H and O–H groups in total. The average molecular weight is 232 g/mol. The number of amides is 1. The zero-order chi connectivity index (χ0) is 11.3. The van der Waals surface area contributed by atoms with E-state index in [9.17, 15) is 4.79 Å². The van der Waals surface area contributed by atoms with Crippen LogP contribution in [-0.4, -0.2) is 28.5 Å². The normalized spacial score (nSPS) is 11.4. The Morgan fingerprint density at radius 1 is 1.67 bits per heavy atom. The van der Waals surface area contributed by atoms with E-state index in [1.54, 1.807) is 13.8 Å². The Morgan fingerprint density at radius 3 is 2.93 bits per heavy atom. The van der Waals surface area contributed by atoms with Gasteiger partial charge in [-0.05, 0) is 13.8 Å². The van der Waals surface area contributed by atoms with Crippen LogP contribution in [0.1, 0.15) is 19.7 Å². The molecule has 84 valence electrons. The summed E-state index contributed by atoms with van der Waals surface area (Å²) >= 11 is 5.67. The maximum Gasteiger partial charge on any atom is 0.226 e. The van der Waals surface area contributed by atoms with Crippen molar-refractivity contribution >= 4 is 17.5 Å². The highest BCUT2D eigenvalue weighted by Gasteiger charge is 2.25. The third kappa shape index (κ3) is 3.51. The fourth-order valence-corrected chi connectivity index (χ4v) is 1.01. The van der Waals surface area contributed by atoms with E-state index >= 15 is 0 Å². The highest BCUT2D eigenvalue weighted by Crippen LogP contribution is 2.16. The van der Waals surface area contributed by atoms with E-state index in [4.69, 9.17) is 11.6 Å². The second-order valence-electron chi connectivity index (χ2n) is 3.87. The molecule has 0 saturated heterocycles. The first-order chi connectivity index (χ1) is 7.06. The fraction of sp³-hybridized carbons (Fsp3) is 0.667. The summed E-state index contributed by atoms with van der Waals surface area (Å²) in [4.78, 5) is 15.4. The van der Waals surface area contributed by atoms with Crippen LogP contribution in [0.2, 0.25) is 0 Å². The van der Waals surface area contributed by atoms with Crippen molar-refractivity contribution in [3.8, 4) is 0 Å². The van der Waals surface area contributed by atoms with E-state index in [2.05, 4.69) is 20.0 Å². The van der Waals surface area contributed by atoms with Gasteiger partial charge in [0.1, 0.15) is 0 Å². The van der Waals surface area contributed by atoms with Gasteiger partial charge in [0.05, 0.1) is 5.41 Å². The second-order valence-corrected chi connectivity index (χ2v) is 4.14. The number of nitrogens with one attached hydrogen (secondary N) is 1. The molecule has 0 radical (unpaired) electrons. The summed E-state index contributed by atoms with van der Waals surface area (Å²) in [5.74, 6) is 0.807. The van der Waals surface area contributed by atoms with Crippen molar-refractivity contribution in [2.75, 3.05) is 12.4 Å². The molecule has 15 heavy (non-hydrogen) atoms. The van der Waals surface area contributed by atoms with Crippen LogP contribution in [0, 0.1) is 5.41 Å². The Bertz CT molecular complexity index is 311. The molecule has 0 bridgehead atoms. The van der Waals surface area contributed by atoms with Gasteiger partial charge in [-0.2, -0.15) is 4.98 Å². The molecular formula is C9H14ClN3O2. The smallest absolute Gasteiger partial charge is 0.226 e. The molecule has 0 aliphatic rings. The molecule has 1 aromatic rings. The van der Waals surface area contributed by atoms with Gasteiger partial charge in [-0.1, -0.05) is 5.16 Å². The van der Waals surface area contributed by atoms with Crippen molar-refractivity contribution in [1.29, 1.82) is 0 Å². The molecule has 1 rings (SSSR count).